The summed E-state index contributed by atoms with van der Waals surface area (Å²) in [5.74, 6) is 3.07. The van der Waals surface area contributed by atoms with Crippen LogP contribution in [0.3, 0.4) is 0 Å². The Balaban J connectivity index is 1.54. The average Bonchev–Trinajstić information content (AvgIpc) is 3.06. The number of rotatable bonds is 6. The van der Waals surface area contributed by atoms with Gasteiger partial charge in [0, 0.05) is 30.1 Å². The monoisotopic (exact) mass is 396 g/mol. The van der Waals surface area contributed by atoms with Crippen LogP contribution >= 0.6 is 0 Å². The Hall–Kier alpha value is -1.52. The van der Waals surface area contributed by atoms with Crippen LogP contribution in [0.1, 0.15) is 51.5 Å². The van der Waals surface area contributed by atoms with Gasteiger partial charge in [0.2, 0.25) is 0 Å². The SMILES string of the molecule is C=C[C@@H]1CN2CCC1C[C@H]2[C@@H]1O[C@H]2C[C@]1(CCC(C)C)c1cc(OC)ccc1N2. The third kappa shape index (κ3) is 3.11. The fourth-order valence-electron chi connectivity index (χ4n) is 6.59. The van der Waals surface area contributed by atoms with E-state index in [0.29, 0.717) is 17.9 Å². The highest BCUT2D eigenvalue weighted by atomic mass is 16.5. The van der Waals surface area contributed by atoms with E-state index in [1.807, 2.05) is 0 Å². The van der Waals surface area contributed by atoms with Gasteiger partial charge in [-0.3, -0.25) is 4.90 Å². The van der Waals surface area contributed by atoms with E-state index in [9.17, 15) is 0 Å². The van der Waals surface area contributed by atoms with Crippen molar-refractivity contribution >= 4 is 5.69 Å². The lowest BCUT2D eigenvalue weighted by atomic mass is 9.63. The van der Waals surface area contributed by atoms with Crippen LogP contribution in [0.15, 0.2) is 30.9 Å². The molecule has 6 rings (SSSR count). The number of piperidine rings is 3. The number of hydrogen-bond donors (Lipinski definition) is 1. The smallest absolute Gasteiger partial charge is 0.129 e. The second-order valence-electron chi connectivity index (χ2n) is 10.1. The van der Waals surface area contributed by atoms with E-state index in [-0.39, 0.29) is 17.7 Å². The second-order valence-corrected chi connectivity index (χ2v) is 10.1. The predicted molar refractivity (Wildman–Crippen MR) is 117 cm³/mol. The lowest BCUT2D eigenvalue weighted by molar-refractivity contribution is -0.0798. The summed E-state index contributed by atoms with van der Waals surface area (Å²) in [6.45, 7) is 11.2. The number of fused-ring (bicyclic) bond motifs is 7. The second kappa shape index (κ2) is 7.31. The van der Waals surface area contributed by atoms with Crippen LogP contribution in [0.2, 0.25) is 0 Å². The molecule has 0 radical (unpaired) electrons. The van der Waals surface area contributed by atoms with Crippen LogP contribution in [-0.4, -0.2) is 43.5 Å². The van der Waals surface area contributed by atoms with Crippen LogP contribution < -0.4 is 10.1 Å². The Morgan fingerprint density at radius 2 is 2.28 bits per heavy atom. The van der Waals surface area contributed by atoms with Crippen LogP contribution in [0.5, 0.6) is 5.75 Å². The summed E-state index contributed by atoms with van der Waals surface area (Å²) in [7, 11) is 1.77. The van der Waals surface area contributed by atoms with E-state index in [1.165, 1.54) is 43.5 Å². The van der Waals surface area contributed by atoms with E-state index in [2.05, 4.69) is 54.9 Å². The molecule has 1 N–H and O–H groups in total. The Labute approximate surface area is 175 Å². The van der Waals surface area contributed by atoms with Gasteiger partial charge in [-0.1, -0.05) is 26.3 Å². The molecule has 5 aliphatic rings. The molecule has 5 aliphatic heterocycles. The molecule has 1 aromatic carbocycles. The van der Waals surface area contributed by atoms with Crippen LogP contribution in [0.4, 0.5) is 5.69 Å². The zero-order valence-electron chi connectivity index (χ0n) is 18.2. The van der Waals surface area contributed by atoms with E-state index in [0.717, 1.165) is 24.6 Å². The number of ether oxygens (including phenoxy) is 2. The van der Waals surface area contributed by atoms with Gasteiger partial charge in [0.15, 0.2) is 0 Å². The molecule has 29 heavy (non-hydrogen) atoms. The maximum absolute atomic E-state index is 6.82. The quantitative estimate of drug-likeness (QED) is 0.700. The van der Waals surface area contributed by atoms with Gasteiger partial charge < -0.3 is 14.8 Å². The Morgan fingerprint density at radius 1 is 1.41 bits per heavy atom. The van der Waals surface area contributed by atoms with E-state index in [4.69, 9.17) is 9.47 Å². The highest BCUT2D eigenvalue weighted by molar-refractivity contribution is 5.61. The van der Waals surface area contributed by atoms with Crippen molar-refractivity contribution in [3.63, 3.8) is 0 Å². The first-order valence-electron chi connectivity index (χ1n) is 11.5. The summed E-state index contributed by atoms with van der Waals surface area (Å²) >= 11 is 0. The van der Waals surface area contributed by atoms with Crippen molar-refractivity contribution in [3.05, 3.63) is 36.4 Å². The number of nitrogens with zero attached hydrogens (tertiary/aromatic N) is 1. The van der Waals surface area contributed by atoms with E-state index in [1.54, 1.807) is 7.11 Å². The fraction of sp³-hybridized carbons (Fsp3) is 0.680. The van der Waals surface area contributed by atoms with Gasteiger partial charge in [0.25, 0.3) is 0 Å². The molecule has 4 heteroatoms. The van der Waals surface area contributed by atoms with Crippen LogP contribution in [0, 0.1) is 17.8 Å². The lowest BCUT2D eigenvalue weighted by Crippen LogP contribution is -2.60. The van der Waals surface area contributed by atoms with Crippen molar-refractivity contribution in [2.24, 2.45) is 17.8 Å². The number of nitrogens with one attached hydrogen (secondary N) is 1. The zero-order valence-corrected chi connectivity index (χ0v) is 18.2. The normalized spacial score (nSPS) is 39.9. The minimum absolute atomic E-state index is 0.0792. The van der Waals surface area contributed by atoms with Gasteiger partial charge in [-0.25, -0.2) is 0 Å². The molecular weight excluding hydrogens is 360 g/mol. The first-order chi connectivity index (χ1) is 14.0. The van der Waals surface area contributed by atoms with Crippen LogP contribution in [0.25, 0.3) is 0 Å². The predicted octanol–water partition coefficient (Wildman–Crippen LogP) is 4.81. The maximum atomic E-state index is 6.82. The molecule has 4 saturated heterocycles. The summed E-state index contributed by atoms with van der Waals surface area (Å²) in [6, 6.07) is 7.06. The summed E-state index contributed by atoms with van der Waals surface area (Å²) in [5, 5.41) is 3.67. The van der Waals surface area contributed by atoms with Crippen molar-refractivity contribution in [3.8, 4) is 5.75 Å². The van der Waals surface area contributed by atoms with Gasteiger partial charge in [-0.05, 0) is 67.3 Å². The summed E-state index contributed by atoms with van der Waals surface area (Å²) in [6.07, 6.45) is 8.62. The highest BCUT2D eigenvalue weighted by Gasteiger charge is 2.58. The van der Waals surface area contributed by atoms with Crippen molar-refractivity contribution in [2.75, 3.05) is 25.5 Å². The molecule has 158 valence electrons. The molecule has 2 unspecified atom stereocenters. The van der Waals surface area contributed by atoms with E-state index >= 15 is 0 Å². The average molecular weight is 397 g/mol. The molecule has 0 saturated carbocycles. The Kier molecular flexibility index (Phi) is 4.90. The van der Waals surface area contributed by atoms with Gasteiger partial charge in [-0.2, -0.15) is 0 Å². The lowest BCUT2D eigenvalue weighted by Gasteiger charge is -2.53. The fourth-order valence-corrected chi connectivity index (χ4v) is 6.59. The maximum Gasteiger partial charge on any atom is 0.129 e. The standard InChI is InChI=1S/C25H36N2O2/c1-5-17-15-27-11-9-18(17)12-22(27)24-25(10-8-16(2)3)14-23(29-24)26-21-7-6-19(28-4)13-20(21)25/h5-7,13,16-18,22-24,26H,1,8-12,14-15H2,2-4H3/t17-,18?,22+,23+,24+,25-/m1/s1. The number of methoxy groups -OCH3 is 1. The van der Waals surface area contributed by atoms with Crippen LogP contribution in [-0.2, 0) is 10.2 Å². The Bertz CT molecular complexity index is 778. The topological polar surface area (TPSA) is 33.7 Å². The molecule has 1 aromatic rings. The summed E-state index contributed by atoms with van der Waals surface area (Å²) in [4.78, 5) is 2.72. The molecule has 0 spiro atoms. The van der Waals surface area contributed by atoms with Gasteiger partial charge in [0.1, 0.15) is 12.0 Å². The first kappa shape index (κ1) is 19.4. The molecule has 0 aliphatic carbocycles. The van der Waals surface area contributed by atoms with Crippen molar-refractivity contribution in [1.82, 2.24) is 4.90 Å². The third-order valence-electron chi connectivity index (χ3n) is 8.16. The highest BCUT2D eigenvalue weighted by Crippen LogP contribution is 2.55. The molecule has 4 nitrogen and oxygen atoms in total. The third-order valence-corrected chi connectivity index (χ3v) is 8.16. The van der Waals surface area contributed by atoms with Gasteiger partial charge in [-0.15, -0.1) is 6.58 Å². The van der Waals surface area contributed by atoms with Crippen molar-refractivity contribution in [2.45, 2.75) is 69.7 Å². The molecule has 0 amide bonds. The van der Waals surface area contributed by atoms with E-state index < -0.39 is 0 Å². The molecule has 7 atom stereocenters. The first-order valence-corrected chi connectivity index (χ1v) is 11.5. The largest absolute Gasteiger partial charge is 0.497 e. The minimum Gasteiger partial charge on any atom is -0.497 e. The molecule has 5 heterocycles. The molecule has 4 bridgehead atoms. The summed E-state index contributed by atoms with van der Waals surface area (Å²) < 4.78 is 12.4. The summed E-state index contributed by atoms with van der Waals surface area (Å²) in [5.41, 5.74) is 2.74. The number of hydrogen-bond acceptors (Lipinski definition) is 4. The van der Waals surface area contributed by atoms with Gasteiger partial charge in [0.05, 0.1) is 13.2 Å². The van der Waals surface area contributed by atoms with Crippen molar-refractivity contribution in [1.29, 1.82) is 0 Å². The molecular formula is C25H36N2O2. The Morgan fingerprint density at radius 3 is 2.97 bits per heavy atom. The molecule has 0 aromatic heterocycles. The van der Waals surface area contributed by atoms with Crippen molar-refractivity contribution < 1.29 is 9.47 Å². The zero-order chi connectivity index (χ0) is 20.2. The number of benzene rings is 1. The van der Waals surface area contributed by atoms with Gasteiger partial charge >= 0.3 is 0 Å². The minimum atomic E-state index is 0.0792. The molecule has 4 fully saturated rings. The number of anilines is 1.